The van der Waals surface area contributed by atoms with E-state index >= 15 is 0 Å². The Morgan fingerprint density at radius 3 is 2.38 bits per heavy atom. The van der Waals surface area contributed by atoms with Crippen LogP contribution in [-0.4, -0.2) is 28.9 Å². The molecule has 8 nitrogen and oxygen atoms in total. The number of nitro benzene ring substituents is 1. The molecule has 0 saturated heterocycles. The third-order valence-corrected chi connectivity index (χ3v) is 3.74. The fourth-order valence-electron chi connectivity index (χ4n) is 2.05. The zero-order valence-electron chi connectivity index (χ0n) is 14.1. The van der Waals surface area contributed by atoms with Crippen molar-refractivity contribution in [3.8, 4) is 0 Å². The highest BCUT2D eigenvalue weighted by molar-refractivity contribution is 7.80. The molecule has 2 aromatic carbocycles. The number of nitrogens with one attached hydrogen (secondary N) is 2. The van der Waals surface area contributed by atoms with E-state index in [9.17, 15) is 19.7 Å². The molecule has 2 rings (SSSR count). The Kier molecular flexibility index (Phi) is 5.97. The van der Waals surface area contributed by atoms with E-state index in [-0.39, 0.29) is 22.3 Å². The lowest BCUT2D eigenvalue weighted by atomic mass is 10.2. The number of carbonyl (C=O) groups excluding carboxylic acids is 2. The molecule has 0 aliphatic heterocycles. The second-order valence-corrected chi connectivity index (χ2v) is 5.75. The van der Waals surface area contributed by atoms with Crippen LogP contribution in [0.2, 0.25) is 0 Å². The maximum atomic E-state index is 12.1. The molecule has 0 spiro atoms. The highest BCUT2D eigenvalue weighted by Crippen LogP contribution is 2.17. The molecule has 0 aliphatic carbocycles. The Morgan fingerprint density at radius 2 is 1.81 bits per heavy atom. The molecule has 0 aliphatic rings. The van der Waals surface area contributed by atoms with Crippen LogP contribution >= 0.6 is 12.2 Å². The molecule has 134 valence electrons. The van der Waals surface area contributed by atoms with Crippen LogP contribution in [0.3, 0.4) is 0 Å². The summed E-state index contributed by atoms with van der Waals surface area (Å²) in [5.41, 5.74) is 1.29. The number of thiocarbonyl (C=S) groups is 1. The first-order chi connectivity index (χ1) is 12.3. The van der Waals surface area contributed by atoms with Crippen molar-refractivity contribution >= 4 is 46.2 Å². The number of anilines is 2. The predicted molar refractivity (Wildman–Crippen MR) is 102 cm³/mol. The molecule has 0 unspecified atom stereocenters. The molecule has 26 heavy (non-hydrogen) atoms. The molecule has 0 bridgehead atoms. The summed E-state index contributed by atoms with van der Waals surface area (Å²) in [7, 11) is 1.66. The SMILES string of the molecule is CC(=O)N(C)c1ccc(NC(=S)NC(=O)c2cccc([N+](=O)[O-])c2)cc1. The lowest BCUT2D eigenvalue weighted by Gasteiger charge is -2.16. The third-order valence-electron chi connectivity index (χ3n) is 3.53. The summed E-state index contributed by atoms with van der Waals surface area (Å²) in [6.45, 7) is 1.46. The largest absolute Gasteiger partial charge is 0.332 e. The average Bonchev–Trinajstić information content (AvgIpc) is 2.61. The first kappa shape index (κ1) is 19.0. The van der Waals surface area contributed by atoms with E-state index in [1.165, 1.54) is 36.1 Å². The van der Waals surface area contributed by atoms with Crippen LogP contribution in [-0.2, 0) is 4.79 Å². The smallest absolute Gasteiger partial charge is 0.270 e. The standard InChI is InChI=1S/C17H16N4O4S/c1-11(22)20(2)14-8-6-13(7-9-14)18-17(26)19-16(23)12-4-3-5-15(10-12)21(24)25/h3-10H,1-2H3,(H2,18,19,23,26). The van der Waals surface area contributed by atoms with Crippen LogP contribution in [0.15, 0.2) is 48.5 Å². The Hall–Kier alpha value is -3.33. The minimum absolute atomic E-state index is 0.0502. The maximum Gasteiger partial charge on any atom is 0.270 e. The van der Waals surface area contributed by atoms with Crippen LogP contribution in [0.25, 0.3) is 0 Å². The van der Waals surface area contributed by atoms with Gasteiger partial charge in [-0.25, -0.2) is 0 Å². The average molecular weight is 372 g/mol. The summed E-state index contributed by atoms with van der Waals surface area (Å²) in [6, 6.07) is 12.2. The van der Waals surface area contributed by atoms with Gasteiger partial charge in [0.2, 0.25) is 5.91 Å². The number of rotatable bonds is 4. The fourth-order valence-corrected chi connectivity index (χ4v) is 2.26. The van der Waals surface area contributed by atoms with E-state index < -0.39 is 10.8 Å². The van der Waals surface area contributed by atoms with Crippen molar-refractivity contribution in [2.45, 2.75) is 6.92 Å². The summed E-state index contributed by atoms with van der Waals surface area (Å²) in [5.74, 6) is -0.649. The molecule has 2 N–H and O–H groups in total. The predicted octanol–water partition coefficient (Wildman–Crippen LogP) is 2.70. The van der Waals surface area contributed by atoms with Crippen LogP contribution in [0.5, 0.6) is 0 Å². The Morgan fingerprint density at radius 1 is 1.15 bits per heavy atom. The van der Waals surface area contributed by atoms with Crippen molar-refractivity contribution in [3.05, 3.63) is 64.2 Å². The molecular weight excluding hydrogens is 356 g/mol. The van der Waals surface area contributed by atoms with Crippen LogP contribution < -0.4 is 15.5 Å². The van der Waals surface area contributed by atoms with Crippen LogP contribution in [0.4, 0.5) is 17.1 Å². The number of nitro groups is 1. The first-order valence-corrected chi connectivity index (χ1v) is 7.90. The molecule has 2 amide bonds. The van der Waals surface area contributed by atoms with Gasteiger partial charge in [-0.2, -0.15) is 0 Å². The van der Waals surface area contributed by atoms with Gasteiger partial charge in [-0.05, 0) is 42.5 Å². The van der Waals surface area contributed by atoms with Gasteiger partial charge < -0.3 is 10.2 Å². The van der Waals surface area contributed by atoms with E-state index in [4.69, 9.17) is 12.2 Å². The summed E-state index contributed by atoms with van der Waals surface area (Å²) in [4.78, 5) is 35.1. The molecular formula is C17H16N4O4S. The van der Waals surface area contributed by atoms with Gasteiger partial charge in [0.05, 0.1) is 4.92 Å². The van der Waals surface area contributed by atoms with Gasteiger partial charge in [-0.1, -0.05) is 6.07 Å². The molecule has 2 aromatic rings. The molecule has 0 aromatic heterocycles. The second-order valence-electron chi connectivity index (χ2n) is 5.34. The molecule has 0 saturated carbocycles. The minimum Gasteiger partial charge on any atom is -0.332 e. The lowest BCUT2D eigenvalue weighted by Crippen LogP contribution is -2.34. The van der Waals surface area contributed by atoms with Crippen molar-refractivity contribution in [3.63, 3.8) is 0 Å². The van der Waals surface area contributed by atoms with Gasteiger partial charge in [-0.3, -0.25) is 25.0 Å². The van der Waals surface area contributed by atoms with Crippen molar-refractivity contribution in [2.24, 2.45) is 0 Å². The van der Waals surface area contributed by atoms with E-state index in [2.05, 4.69) is 10.6 Å². The van der Waals surface area contributed by atoms with E-state index in [1.807, 2.05) is 0 Å². The highest BCUT2D eigenvalue weighted by atomic mass is 32.1. The van der Waals surface area contributed by atoms with E-state index in [0.29, 0.717) is 5.69 Å². The number of benzene rings is 2. The number of non-ortho nitro benzene ring substituents is 1. The van der Waals surface area contributed by atoms with Gasteiger partial charge in [-0.15, -0.1) is 0 Å². The fraction of sp³-hybridized carbons (Fsp3) is 0.118. The van der Waals surface area contributed by atoms with Crippen molar-refractivity contribution < 1.29 is 14.5 Å². The van der Waals surface area contributed by atoms with E-state index in [0.717, 1.165) is 5.69 Å². The molecule has 0 heterocycles. The van der Waals surface area contributed by atoms with Gasteiger partial charge in [0, 0.05) is 43.0 Å². The normalized spacial score (nSPS) is 9.92. The van der Waals surface area contributed by atoms with Gasteiger partial charge in [0.25, 0.3) is 11.6 Å². The number of hydrogen-bond donors (Lipinski definition) is 2. The molecule has 9 heteroatoms. The Bertz CT molecular complexity index is 867. The minimum atomic E-state index is -0.576. The second kappa shape index (κ2) is 8.17. The number of nitrogens with zero attached hydrogens (tertiary/aromatic N) is 2. The van der Waals surface area contributed by atoms with Crippen LogP contribution in [0, 0.1) is 10.1 Å². The maximum absolute atomic E-state index is 12.1. The zero-order valence-corrected chi connectivity index (χ0v) is 14.9. The third kappa shape index (κ3) is 4.84. The molecule has 0 atom stereocenters. The topological polar surface area (TPSA) is 105 Å². The summed E-state index contributed by atoms with van der Waals surface area (Å²) in [5, 5.41) is 16.1. The zero-order chi connectivity index (χ0) is 19.3. The highest BCUT2D eigenvalue weighted by Gasteiger charge is 2.13. The van der Waals surface area contributed by atoms with Gasteiger partial charge in [0.1, 0.15) is 0 Å². The number of amides is 2. The van der Waals surface area contributed by atoms with Crippen molar-refractivity contribution in [1.82, 2.24) is 5.32 Å². The molecule has 0 fully saturated rings. The summed E-state index contributed by atoms with van der Waals surface area (Å²) < 4.78 is 0. The van der Waals surface area contributed by atoms with Crippen LogP contribution in [0.1, 0.15) is 17.3 Å². The summed E-state index contributed by atoms with van der Waals surface area (Å²) in [6.07, 6.45) is 0. The number of carbonyl (C=O) groups is 2. The first-order valence-electron chi connectivity index (χ1n) is 7.49. The van der Waals surface area contributed by atoms with E-state index in [1.54, 1.807) is 31.3 Å². The summed E-state index contributed by atoms with van der Waals surface area (Å²) >= 11 is 5.08. The van der Waals surface area contributed by atoms with Gasteiger partial charge in [0.15, 0.2) is 5.11 Å². The Labute approximate surface area is 155 Å². The number of hydrogen-bond acceptors (Lipinski definition) is 5. The molecule has 0 radical (unpaired) electrons. The van der Waals surface area contributed by atoms with Crippen molar-refractivity contribution in [1.29, 1.82) is 0 Å². The quantitative estimate of drug-likeness (QED) is 0.486. The lowest BCUT2D eigenvalue weighted by molar-refractivity contribution is -0.384. The monoisotopic (exact) mass is 372 g/mol. The van der Waals surface area contributed by atoms with Crippen molar-refractivity contribution in [2.75, 3.05) is 17.3 Å². The van der Waals surface area contributed by atoms with Gasteiger partial charge >= 0.3 is 0 Å². The Balaban J connectivity index is 2.00.